The number of carbonyl (C=O) groups excluding carboxylic acids is 1. The van der Waals surface area contributed by atoms with Crippen molar-refractivity contribution in [3.05, 3.63) is 46.4 Å². The Morgan fingerprint density at radius 1 is 1.29 bits per heavy atom. The first-order valence-electron chi connectivity index (χ1n) is 10.2. The van der Waals surface area contributed by atoms with Crippen LogP contribution in [0.2, 0.25) is 0 Å². The Labute approximate surface area is 185 Å². The first kappa shape index (κ1) is 23.6. The highest BCUT2D eigenvalue weighted by atomic mass is 32.1. The Morgan fingerprint density at radius 3 is 2.77 bits per heavy atom. The van der Waals surface area contributed by atoms with Crippen LogP contribution in [0.25, 0.3) is 0 Å². The average Bonchev–Trinajstić information content (AvgIpc) is 3.31. The molecular weight excluding hydrogens is 422 g/mol. The number of aliphatic hydroxyl groups excluding tert-OH is 2. The van der Waals surface area contributed by atoms with Crippen molar-refractivity contribution in [1.82, 2.24) is 15.2 Å². The van der Waals surface area contributed by atoms with Crippen LogP contribution in [0.1, 0.15) is 22.5 Å². The zero-order valence-corrected chi connectivity index (χ0v) is 18.1. The van der Waals surface area contributed by atoms with Crippen molar-refractivity contribution in [3.63, 3.8) is 0 Å². The molecule has 0 bridgehead atoms. The second-order valence-corrected chi connectivity index (χ2v) is 8.21. The van der Waals surface area contributed by atoms with E-state index in [1.807, 2.05) is 24.3 Å². The highest BCUT2D eigenvalue weighted by Crippen LogP contribution is 2.24. The van der Waals surface area contributed by atoms with Crippen LogP contribution < -0.4 is 10.1 Å². The van der Waals surface area contributed by atoms with Crippen molar-refractivity contribution in [3.8, 4) is 5.75 Å². The minimum Gasteiger partial charge on any atom is -0.491 e. The van der Waals surface area contributed by atoms with Crippen molar-refractivity contribution >= 4 is 17.2 Å². The Hall–Kier alpha value is -2.08. The van der Waals surface area contributed by atoms with Gasteiger partial charge in [-0.2, -0.15) is 0 Å². The van der Waals surface area contributed by atoms with E-state index in [1.165, 1.54) is 11.3 Å². The summed E-state index contributed by atoms with van der Waals surface area (Å²) in [6.45, 7) is 2.65. The number of β-amino-alcohol motifs (C(OH)–C–C–N with tert-alkyl or cyclic N) is 1. The van der Waals surface area contributed by atoms with E-state index in [4.69, 9.17) is 14.6 Å². The molecule has 9 nitrogen and oxygen atoms in total. The van der Waals surface area contributed by atoms with E-state index in [0.29, 0.717) is 51.6 Å². The summed E-state index contributed by atoms with van der Waals surface area (Å²) in [6, 6.07) is 7.69. The fraction of sp³-hybridized carbons (Fsp3) is 0.524. The predicted molar refractivity (Wildman–Crippen MR) is 115 cm³/mol. The monoisotopic (exact) mass is 451 g/mol. The van der Waals surface area contributed by atoms with Gasteiger partial charge in [0, 0.05) is 31.6 Å². The van der Waals surface area contributed by atoms with E-state index in [2.05, 4.69) is 15.2 Å². The summed E-state index contributed by atoms with van der Waals surface area (Å²) in [6.07, 6.45) is -0.626. The molecule has 31 heavy (non-hydrogen) atoms. The fourth-order valence-corrected chi connectivity index (χ4v) is 3.89. The molecule has 1 amide bonds. The Kier molecular flexibility index (Phi) is 8.76. The van der Waals surface area contributed by atoms with Gasteiger partial charge in [-0.1, -0.05) is 12.1 Å². The highest BCUT2D eigenvalue weighted by Gasteiger charge is 2.40. The summed E-state index contributed by atoms with van der Waals surface area (Å²) in [5.41, 5.74) is 1.59. The van der Waals surface area contributed by atoms with Crippen LogP contribution in [-0.4, -0.2) is 88.9 Å². The molecule has 1 aromatic heterocycles. The number of nitrogens with zero attached hydrogens (tertiary/aromatic N) is 2. The third kappa shape index (κ3) is 6.96. The van der Waals surface area contributed by atoms with Gasteiger partial charge in [0.1, 0.15) is 23.7 Å². The lowest BCUT2D eigenvalue weighted by atomic mass is 9.88. The summed E-state index contributed by atoms with van der Waals surface area (Å²) in [7, 11) is 0. The molecule has 170 valence electrons. The summed E-state index contributed by atoms with van der Waals surface area (Å²) in [5, 5.41) is 34.3. The number of piperidine rings is 1. The predicted octanol–water partition coefficient (Wildman–Crippen LogP) is 0.259. The summed E-state index contributed by atoms with van der Waals surface area (Å²) >= 11 is 1.33. The largest absolute Gasteiger partial charge is 0.491 e. The molecule has 0 saturated carbocycles. The zero-order valence-electron chi connectivity index (χ0n) is 17.3. The van der Waals surface area contributed by atoms with E-state index in [-0.39, 0.29) is 19.1 Å². The van der Waals surface area contributed by atoms with Gasteiger partial charge < -0.3 is 30.1 Å². The topological polar surface area (TPSA) is 124 Å². The molecule has 10 heteroatoms. The Balaban J connectivity index is 1.42. The Morgan fingerprint density at radius 2 is 2.10 bits per heavy atom. The summed E-state index contributed by atoms with van der Waals surface area (Å²) in [5.74, 6) is 0.381. The molecule has 1 saturated heterocycles. The number of benzene rings is 1. The fourth-order valence-electron chi connectivity index (χ4n) is 3.36. The van der Waals surface area contributed by atoms with Crippen LogP contribution >= 0.6 is 11.3 Å². The third-order valence-electron chi connectivity index (χ3n) is 5.19. The molecule has 2 aromatic rings. The van der Waals surface area contributed by atoms with Crippen molar-refractivity contribution < 1.29 is 29.6 Å². The normalized spacial score (nSPS) is 21.7. The molecule has 2 atom stereocenters. The van der Waals surface area contributed by atoms with Crippen molar-refractivity contribution in [2.24, 2.45) is 0 Å². The van der Waals surface area contributed by atoms with E-state index >= 15 is 0 Å². The number of hydrogen-bond acceptors (Lipinski definition) is 9. The lowest BCUT2D eigenvalue weighted by molar-refractivity contribution is -0.116. The second-order valence-electron chi connectivity index (χ2n) is 7.49. The smallest absolute Gasteiger partial charge is 0.270 e. The molecule has 1 aliphatic heterocycles. The average molecular weight is 452 g/mol. The van der Waals surface area contributed by atoms with Gasteiger partial charge in [-0.25, -0.2) is 4.98 Å². The number of aliphatic hydroxyl groups is 3. The third-order valence-corrected chi connectivity index (χ3v) is 5.78. The van der Waals surface area contributed by atoms with Gasteiger partial charge >= 0.3 is 0 Å². The second kappa shape index (κ2) is 11.5. The van der Waals surface area contributed by atoms with Gasteiger partial charge in [0.15, 0.2) is 0 Å². The molecule has 0 radical (unpaired) electrons. The van der Waals surface area contributed by atoms with Gasteiger partial charge in [0.2, 0.25) is 0 Å². The van der Waals surface area contributed by atoms with Crippen LogP contribution in [0, 0.1) is 0 Å². The lowest BCUT2D eigenvalue weighted by Crippen LogP contribution is -2.60. The number of amides is 1. The van der Waals surface area contributed by atoms with Gasteiger partial charge in [-0.15, -0.1) is 11.3 Å². The Bertz CT molecular complexity index is 804. The molecule has 4 N–H and O–H groups in total. The summed E-state index contributed by atoms with van der Waals surface area (Å²) in [4.78, 5) is 18.1. The van der Waals surface area contributed by atoms with Crippen LogP contribution in [0.15, 0.2) is 35.2 Å². The van der Waals surface area contributed by atoms with E-state index in [9.17, 15) is 15.0 Å². The number of aromatic nitrogens is 1. The minimum absolute atomic E-state index is 0.00147. The standard InChI is InChI=1S/C21H29N3O6S/c25-7-8-29-9-10-30-17-3-1-16(2-4-17)11-24-6-5-21(28,19(26)12-24)14-22-20(27)18-13-31-15-23-18/h1-4,13,15,19,25-26,28H,5-12,14H2,(H,22,27)/t19-,21-/m1/s1. The van der Waals surface area contributed by atoms with Gasteiger partial charge in [0.05, 0.1) is 31.4 Å². The quantitative estimate of drug-likeness (QED) is 0.359. The lowest BCUT2D eigenvalue weighted by Gasteiger charge is -2.42. The SMILES string of the molecule is O=C(NC[C@]1(O)CCN(Cc2ccc(OCCOCCO)cc2)C[C@H]1O)c1cscn1. The molecule has 1 aliphatic rings. The number of carbonyl (C=O) groups is 1. The molecular formula is C21H29N3O6S. The molecule has 0 aliphatic carbocycles. The van der Waals surface area contributed by atoms with Gasteiger partial charge in [-0.05, 0) is 24.1 Å². The first-order chi connectivity index (χ1) is 15.0. The van der Waals surface area contributed by atoms with Crippen molar-refractivity contribution in [1.29, 1.82) is 0 Å². The van der Waals surface area contributed by atoms with Gasteiger partial charge in [0.25, 0.3) is 5.91 Å². The number of hydrogen-bond donors (Lipinski definition) is 4. The van der Waals surface area contributed by atoms with Crippen LogP contribution in [0.3, 0.4) is 0 Å². The molecule has 0 unspecified atom stereocenters. The van der Waals surface area contributed by atoms with Crippen LogP contribution in [0.4, 0.5) is 0 Å². The maximum absolute atomic E-state index is 12.0. The number of ether oxygens (including phenoxy) is 2. The highest BCUT2D eigenvalue weighted by molar-refractivity contribution is 7.07. The molecule has 1 aromatic carbocycles. The molecule has 0 spiro atoms. The van der Waals surface area contributed by atoms with E-state index < -0.39 is 11.7 Å². The molecule has 1 fully saturated rings. The van der Waals surface area contributed by atoms with Crippen LogP contribution in [0.5, 0.6) is 5.75 Å². The van der Waals surface area contributed by atoms with Gasteiger partial charge in [-0.3, -0.25) is 9.69 Å². The van der Waals surface area contributed by atoms with Crippen molar-refractivity contribution in [2.45, 2.75) is 24.7 Å². The number of rotatable bonds is 11. The van der Waals surface area contributed by atoms with E-state index in [1.54, 1.807) is 10.9 Å². The minimum atomic E-state index is -1.36. The molecule has 3 rings (SSSR count). The maximum atomic E-state index is 12.0. The zero-order chi connectivity index (χ0) is 22.1. The first-order valence-corrected chi connectivity index (χ1v) is 11.1. The number of thiazole rings is 1. The van der Waals surface area contributed by atoms with Crippen LogP contribution in [-0.2, 0) is 11.3 Å². The number of nitrogens with one attached hydrogen (secondary N) is 1. The van der Waals surface area contributed by atoms with E-state index in [0.717, 1.165) is 11.3 Å². The molecule has 2 heterocycles. The summed E-state index contributed by atoms with van der Waals surface area (Å²) < 4.78 is 10.7. The maximum Gasteiger partial charge on any atom is 0.270 e. The van der Waals surface area contributed by atoms with Crippen molar-refractivity contribution in [2.75, 3.05) is 46.1 Å². The number of likely N-dealkylation sites (tertiary alicyclic amines) is 1.